The summed E-state index contributed by atoms with van der Waals surface area (Å²) in [6.07, 6.45) is 2.93. The SMILES string of the molecule is Oc1ccc(CCCc2ccc(O)c(Br)c2)cc1Br. The predicted molar refractivity (Wildman–Crippen MR) is 83.6 cm³/mol. The predicted octanol–water partition coefficient (Wildman–Crippen LogP) is 4.80. The first kappa shape index (κ1) is 14.4. The highest BCUT2D eigenvalue weighted by atomic mass is 79.9. The molecule has 2 aromatic carbocycles. The number of aromatic hydroxyl groups is 2. The van der Waals surface area contributed by atoms with Crippen LogP contribution in [0.5, 0.6) is 11.5 Å². The minimum Gasteiger partial charge on any atom is -0.507 e. The van der Waals surface area contributed by atoms with Gasteiger partial charge in [-0.15, -0.1) is 0 Å². The average Bonchev–Trinajstić information content (AvgIpc) is 2.38. The quantitative estimate of drug-likeness (QED) is 0.793. The fraction of sp³-hybridized carbons (Fsp3) is 0.200. The second-order valence-corrected chi connectivity index (χ2v) is 6.13. The number of hydrogen-bond acceptors (Lipinski definition) is 2. The number of hydrogen-bond donors (Lipinski definition) is 2. The molecule has 0 fully saturated rings. The Labute approximate surface area is 129 Å². The molecule has 19 heavy (non-hydrogen) atoms. The van der Waals surface area contributed by atoms with E-state index in [1.807, 2.05) is 24.3 Å². The number of benzene rings is 2. The molecule has 0 aliphatic heterocycles. The van der Waals surface area contributed by atoms with Crippen molar-refractivity contribution in [3.8, 4) is 11.5 Å². The third-order valence-electron chi connectivity index (χ3n) is 2.96. The lowest BCUT2D eigenvalue weighted by atomic mass is 10.0. The van der Waals surface area contributed by atoms with Crippen molar-refractivity contribution in [2.45, 2.75) is 19.3 Å². The van der Waals surface area contributed by atoms with Crippen molar-refractivity contribution in [3.63, 3.8) is 0 Å². The number of aryl methyl sites for hydroxylation is 2. The molecule has 2 N–H and O–H groups in total. The number of rotatable bonds is 4. The Morgan fingerprint density at radius 1 is 0.737 bits per heavy atom. The lowest BCUT2D eigenvalue weighted by Crippen LogP contribution is -1.90. The van der Waals surface area contributed by atoms with E-state index in [-0.39, 0.29) is 11.5 Å². The Balaban J connectivity index is 1.92. The van der Waals surface area contributed by atoms with Crippen molar-refractivity contribution in [1.82, 2.24) is 0 Å². The molecule has 0 bridgehead atoms. The van der Waals surface area contributed by atoms with Crippen LogP contribution in [0.2, 0.25) is 0 Å². The Bertz CT molecular complexity index is 531. The van der Waals surface area contributed by atoms with Gasteiger partial charge in [0.2, 0.25) is 0 Å². The van der Waals surface area contributed by atoms with Crippen LogP contribution >= 0.6 is 31.9 Å². The van der Waals surface area contributed by atoms with Gasteiger partial charge in [-0.05, 0) is 86.5 Å². The van der Waals surface area contributed by atoms with Crippen molar-refractivity contribution < 1.29 is 10.2 Å². The first-order chi connectivity index (χ1) is 9.06. The van der Waals surface area contributed by atoms with E-state index in [1.54, 1.807) is 12.1 Å². The molecule has 0 aromatic heterocycles. The van der Waals surface area contributed by atoms with Gasteiger partial charge in [0.1, 0.15) is 11.5 Å². The molecule has 0 spiro atoms. The van der Waals surface area contributed by atoms with Crippen molar-refractivity contribution in [2.75, 3.05) is 0 Å². The van der Waals surface area contributed by atoms with E-state index in [4.69, 9.17) is 0 Å². The Morgan fingerprint density at radius 2 is 1.16 bits per heavy atom. The summed E-state index contributed by atoms with van der Waals surface area (Å²) in [6, 6.07) is 11.2. The van der Waals surface area contributed by atoms with Crippen molar-refractivity contribution >= 4 is 31.9 Å². The van der Waals surface area contributed by atoms with Crippen LogP contribution in [0.3, 0.4) is 0 Å². The summed E-state index contributed by atoms with van der Waals surface area (Å²) in [5, 5.41) is 18.9. The van der Waals surface area contributed by atoms with E-state index in [0.717, 1.165) is 28.2 Å². The van der Waals surface area contributed by atoms with Gasteiger partial charge >= 0.3 is 0 Å². The zero-order chi connectivity index (χ0) is 13.8. The summed E-state index contributed by atoms with van der Waals surface area (Å²) in [4.78, 5) is 0. The maximum atomic E-state index is 9.43. The first-order valence-corrected chi connectivity index (χ1v) is 7.59. The van der Waals surface area contributed by atoms with E-state index in [0.29, 0.717) is 0 Å². The lowest BCUT2D eigenvalue weighted by Gasteiger charge is -2.05. The molecule has 0 amide bonds. The largest absolute Gasteiger partial charge is 0.507 e. The number of phenolic OH excluding ortho intramolecular Hbond substituents is 2. The van der Waals surface area contributed by atoms with Crippen LogP contribution in [-0.4, -0.2) is 10.2 Å². The molecule has 4 heteroatoms. The maximum absolute atomic E-state index is 9.43. The zero-order valence-electron chi connectivity index (χ0n) is 10.2. The fourth-order valence-electron chi connectivity index (χ4n) is 1.91. The van der Waals surface area contributed by atoms with E-state index in [2.05, 4.69) is 31.9 Å². The van der Waals surface area contributed by atoms with Gasteiger partial charge in [-0.1, -0.05) is 12.1 Å². The molecule has 0 saturated heterocycles. The van der Waals surface area contributed by atoms with Crippen LogP contribution in [0.25, 0.3) is 0 Å². The zero-order valence-corrected chi connectivity index (χ0v) is 13.4. The topological polar surface area (TPSA) is 40.5 Å². The van der Waals surface area contributed by atoms with Gasteiger partial charge < -0.3 is 10.2 Å². The highest BCUT2D eigenvalue weighted by molar-refractivity contribution is 9.10. The van der Waals surface area contributed by atoms with Crippen molar-refractivity contribution in [2.24, 2.45) is 0 Å². The highest BCUT2D eigenvalue weighted by Crippen LogP contribution is 2.26. The van der Waals surface area contributed by atoms with E-state index >= 15 is 0 Å². The van der Waals surface area contributed by atoms with Gasteiger partial charge in [0.15, 0.2) is 0 Å². The first-order valence-electron chi connectivity index (χ1n) is 6.01. The molecule has 2 aromatic rings. The van der Waals surface area contributed by atoms with Crippen LogP contribution in [0.15, 0.2) is 45.3 Å². The third kappa shape index (κ3) is 3.98. The summed E-state index contributed by atoms with van der Waals surface area (Å²) in [6.45, 7) is 0. The maximum Gasteiger partial charge on any atom is 0.129 e. The molecular formula is C15H14Br2O2. The Hall–Kier alpha value is -1.00. The van der Waals surface area contributed by atoms with Gasteiger partial charge in [0.25, 0.3) is 0 Å². The van der Waals surface area contributed by atoms with Gasteiger partial charge in [-0.2, -0.15) is 0 Å². The van der Waals surface area contributed by atoms with Crippen LogP contribution < -0.4 is 0 Å². The average molecular weight is 386 g/mol. The van der Waals surface area contributed by atoms with Crippen LogP contribution in [-0.2, 0) is 12.8 Å². The Kier molecular flexibility index (Phi) is 4.88. The molecule has 0 unspecified atom stereocenters. The summed E-state index contributed by atoms with van der Waals surface area (Å²) in [5.74, 6) is 0.539. The second kappa shape index (κ2) is 6.44. The lowest BCUT2D eigenvalue weighted by molar-refractivity contribution is 0.471. The summed E-state index contributed by atoms with van der Waals surface area (Å²) in [5.41, 5.74) is 2.39. The molecule has 0 heterocycles. The van der Waals surface area contributed by atoms with Crippen LogP contribution in [0.1, 0.15) is 17.5 Å². The fourth-order valence-corrected chi connectivity index (χ4v) is 2.76. The van der Waals surface area contributed by atoms with E-state index in [9.17, 15) is 10.2 Å². The van der Waals surface area contributed by atoms with E-state index in [1.165, 1.54) is 11.1 Å². The molecule has 2 rings (SSSR count). The van der Waals surface area contributed by atoms with Crippen molar-refractivity contribution in [3.05, 3.63) is 56.5 Å². The highest BCUT2D eigenvalue weighted by Gasteiger charge is 2.02. The molecule has 100 valence electrons. The van der Waals surface area contributed by atoms with Gasteiger partial charge in [0.05, 0.1) is 8.95 Å². The summed E-state index contributed by atoms with van der Waals surface area (Å²) >= 11 is 6.63. The molecule has 0 aliphatic rings. The van der Waals surface area contributed by atoms with Crippen LogP contribution in [0.4, 0.5) is 0 Å². The van der Waals surface area contributed by atoms with E-state index < -0.39 is 0 Å². The number of phenols is 2. The molecule has 0 atom stereocenters. The summed E-state index contributed by atoms with van der Waals surface area (Å²) < 4.78 is 1.47. The second-order valence-electron chi connectivity index (χ2n) is 4.43. The molecule has 0 aliphatic carbocycles. The molecule has 0 radical (unpaired) electrons. The number of halogens is 2. The Morgan fingerprint density at radius 3 is 1.53 bits per heavy atom. The van der Waals surface area contributed by atoms with Gasteiger partial charge in [-0.3, -0.25) is 0 Å². The van der Waals surface area contributed by atoms with Crippen molar-refractivity contribution in [1.29, 1.82) is 0 Å². The minimum absolute atomic E-state index is 0.270. The normalized spacial score (nSPS) is 10.6. The third-order valence-corrected chi connectivity index (χ3v) is 4.23. The standard InChI is InChI=1S/C15H14Br2O2/c16-12-8-10(4-6-14(12)18)2-1-3-11-5-7-15(19)13(17)9-11/h4-9,18-19H,1-3H2. The van der Waals surface area contributed by atoms with Gasteiger partial charge in [-0.25, -0.2) is 0 Å². The molecule has 2 nitrogen and oxygen atoms in total. The van der Waals surface area contributed by atoms with Crippen LogP contribution in [0, 0.1) is 0 Å². The minimum atomic E-state index is 0.270. The summed E-state index contributed by atoms with van der Waals surface area (Å²) in [7, 11) is 0. The monoisotopic (exact) mass is 384 g/mol. The van der Waals surface area contributed by atoms with Gasteiger partial charge in [0, 0.05) is 0 Å². The smallest absolute Gasteiger partial charge is 0.129 e. The molecule has 0 saturated carbocycles. The molecular weight excluding hydrogens is 372 g/mol.